The molecule has 0 aliphatic rings. The van der Waals surface area contributed by atoms with Crippen molar-refractivity contribution in [3.05, 3.63) is 29.3 Å². The first kappa shape index (κ1) is 12.4. The predicted octanol–water partition coefficient (Wildman–Crippen LogP) is 2.82. The van der Waals surface area contributed by atoms with Crippen molar-refractivity contribution in [1.82, 2.24) is 0 Å². The molecule has 16 heavy (non-hydrogen) atoms. The number of rotatable bonds is 3. The van der Waals surface area contributed by atoms with Gasteiger partial charge in [-0.2, -0.15) is 0 Å². The first-order valence-electron chi connectivity index (χ1n) is 5.54. The molecular weight excluding hydrogens is 198 g/mol. The van der Waals surface area contributed by atoms with Gasteiger partial charge in [0.25, 0.3) is 0 Å². The van der Waals surface area contributed by atoms with Crippen LogP contribution in [0.2, 0.25) is 0 Å². The Morgan fingerprint density at radius 3 is 2.75 bits per heavy atom. The Labute approximate surface area is 97.1 Å². The van der Waals surface area contributed by atoms with E-state index in [4.69, 9.17) is 5.73 Å². The van der Waals surface area contributed by atoms with Gasteiger partial charge in [-0.3, -0.25) is 4.99 Å². The standard InChI is InChI=1S/C13H19N3/c1-4-5-8-16-13(15-3)11-6-7-12(14)10(2)9-11/h6-9H,4-5,14H2,1-3H3. The Morgan fingerprint density at radius 2 is 2.19 bits per heavy atom. The zero-order valence-corrected chi connectivity index (χ0v) is 10.2. The molecule has 0 saturated carbocycles. The molecule has 1 rings (SSSR count). The van der Waals surface area contributed by atoms with E-state index < -0.39 is 0 Å². The minimum Gasteiger partial charge on any atom is -0.399 e. The van der Waals surface area contributed by atoms with E-state index in [1.54, 1.807) is 7.05 Å². The molecule has 0 aromatic heterocycles. The Kier molecular flexibility index (Phi) is 4.70. The number of benzene rings is 1. The summed E-state index contributed by atoms with van der Waals surface area (Å²) in [6, 6.07) is 5.86. The molecular formula is C13H19N3. The van der Waals surface area contributed by atoms with E-state index in [9.17, 15) is 0 Å². The number of unbranched alkanes of at least 4 members (excludes halogenated alkanes) is 1. The molecule has 0 spiro atoms. The van der Waals surface area contributed by atoms with Gasteiger partial charge in [-0.05, 0) is 37.1 Å². The topological polar surface area (TPSA) is 50.7 Å². The van der Waals surface area contributed by atoms with Crippen LogP contribution < -0.4 is 5.73 Å². The summed E-state index contributed by atoms with van der Waals surface area (Å²) < 4.78 is 0. The molecule has 0 heterocycles. The predicted molar refractivity (Wildman–Crippen MR) is 71.5 cm³/mol. The van der Waals surface area contributed by atoms with E-state index in [1.165, 1.54) is 0 Å². The number of hydrogen-bond acceptors (Lipinski definition) is 2. The number of amidine groups is 1. The lowest BCUT2D eigenvalue weighted by molar-refractivity contribution is 1.01. The highest BCUT2D eigenvalue weighted by atomic mass is 14.9. The van der Waals surface area contributed by atoms with Crippen molar-refractivity contribution >= 4 is 17.7 Å². The monoisotopic (exact) mass is 217 g/mol. The minimum absolute atomic E-state index is 0.761. The zero-order valence-electron chi connectivity index (χ0n) is 10.2. The number of aryl methyl sites for hydroxylation is 1. The van der Waals surface area contributed by atoms with Gasteiger partial charge in [0.2, 0.25) is 0 Å². The fraction of sp³-hybridized carbons (Fsp3) is 0.385. The van der Waals surface area contributed by atoms with Gasteiger partial charge in [0.05, 0.1) is 0 Å². The van der Waals surface area contributed by atoms with Crippen molar-refractivity contribution in [2.75, 3.05) is 12.8 Å². The van der Waals surface area contributed by atoms with Crippen LogP contribution >= 0.6 is 0 Å². The smallest absolute Gasteiger partial charge is 0.153 e. The van der Waals surface area contributed by atoms with Crippen LogP contribution in [0.15, 0.2) is 28.2 Å². The molecule has 1 aromatic rings. The van der Waals surface area contributed by atoms with E-state index in [2.05, 4.69) is 16.9 Å². The van der Waals surface area contributed by atoms with E-state index in [-0.39, 0.29) is 0 Å². The van der Waals surface area contributed by atoms with Crippen LogP contribution in [0, 0.1) is 6.92 Å². The molecule has 0 unspecified atom stereocenters. The number of nitrogens with zero attached hydrogens (tertiary/aromatic N) is 2. The number of nitrogens with two attached hydrogens (primary N) is 1. The van der Waals surface area contributed by atoms with Gasteiger partial charge >= 0.3 is 0 Å². The second kappa shape index (κ2) is 6.05. The van der Waals surface area contributed by atoms with Crippen LogP contribution in [0.4, 0.5) is 5.69 Å². The third-order valence-electron chi connectivity index (χ3n) is 2.37. The third-order valence-corrected chi connectivity index (χ3v) is 2.37. The first-order chi connectivity index (χ1) is 7.69. The van der Waals surface area contributed by atoms with Gasteiger partial charge in [0.1, 0.15) is 0 Å². The van der Waals surface area contributed by atoms with Gasteiger partial charge in [0, 0.05) is 24.5 Å². The normalized spacial score (nSPS) is 12.3. The van der Waals surface area contributed by atoms with E-state index in [1.807, 2.05) is 31.3 Å². The van der Waals surface area contributed by atoms with Crippen molar-refractivity contribution in [3.63, 3.8) is 0 Å². The van der Waals surface area contributed by atoms with Crippen LogP contribution in [0.3, 0.4) is 0 Å². The van der Waals surface area contributed by atoms with Crippen molar-refractivity contribution < 1.29 is 0 Å². The van der Waals surface area contributed by atoms with Gasteiger partial charge in [-0.25, -0.2) is 4.99 Å². The molecule has 0 saturated heterocycles. The Bertz CT molecular complexity index is 406. The maximum Gasteiger partial charge on any atom is 0.153 e. The van der Waals surface area contributed by atoms with Crippen molar-refractivity contribution in [3.8, 4) is 0 Å². The Morgan fingerprint density at radius 1 is 1.44 bits per heavy atom. The van der Waals surface area contributed by atoms with Crippen LogP contribution in [0.1, 0.15) is 30.9 Å². The molecule has 0 radical (unpaired) electrons. The molecule has 2 N–H and O–H groups in total. The van der Waals surface area contributed by atoms with Crippen LogP contribution in [-0.4, -0.2) is 19.1 Å². The summed E-state index contributed by atoms with van der Waals surface area (Å²) in [5.41, 5.74) is 8.65. The second-order valence-electron chi connectivity index (χ2n) is 3.72. The molecule has 0 atom stereocenters. The molecule has 3 heteroatoms. The largest absolute Gasteiger partial charge is 0.399 e. The van der Waals surface area contributed by atoms with Gasteiger partial charge < -0.3 is 5.73 Å². The summed E-state index contributed by atoms with van der Waals surface area (Å²) in [5.74, 6) is 0.761. The summed E-state index contributed by atoms with van der Waals surface area (Å²) in [7, 11) is 1.75. The van der Waals surface area contributed by atoms with Gasteiger partial charge in [-0.15, -0.1) is 0 Å². The van der Waals surface area contributed by atoms with Crippen molar-refractivity contribution in [2.24, 2.45) is 9.98 Å². The molecule has 3 nitrogen and oxygen atoms in total. The maximum absolute atomic E-state index is 5.77. The summed E-state index contributed by atoms with van der Waals surface area (Å²) in [5, 5.41) is 0. The number of anilines is 1. The lowest BCUT2D eigenvalue weighted by Gasteiger charge is -2.04. The fourth-order valence-corrected chi connectivity index (χ4v) is 1.36. The number of aliphatic imine (C=N–C) groups is 2. The fourth-order valence-electron chi connectivity index (χ4n) is 1.36. The Hall–Kier alpha value is -1.64. The van der Waals surface area contributed by atoms with Crippen LogP contribution in [0.5, 0.6) is 0 Å². The summed E-state index contributed by atoms with van der Waals surface area (Å²) >= 11 is 0. The summed E-state index contributed by atoms with van der Waals surface area (Å²) in [6.07, 6.45) is 3.99. The van der Waals surface area contributed by atoms with E-state index in [0.717, 1.165) is 35.5 Å². The molecule has 86 valence electrons. The lowest BCUT2D eigenvalue weighted by Crippen LogP contribution is -2.00. The summed E-state index contributed by atoms with van der Waals surface area (Å²) in [4.78, 5) is 8.54. The molecule has 0 fully saturated rings. The average Bonchev–Trinajstić information content (AvgIpc) is 2.29. The molecule has 0 aliphatic carbocycles. The lowest BCUT2D eigenvalue weighted by atomic mass is 10.1. The van der Waals surface area contributed by atoms with Crippen molar-refractivity contribution in [2.45, 2.75) is 26.7 Å². The molecule has 0 bridgehead atoms. The summed E-state index contributed by atoms with van der Waals surface area (Å²) in [6.45, 7) is 4.12. The second-order valence-corrected chi connectivity index (χ2v) is 3.72. The van der Waals surface area contributed by atoms with Crippen LogP contribution in [-0.2, 0) is 0 Å². The van der Waals surface area contributed by atoms with Gasteiger partial charge in [0.15, 0.2) is 5.84 Å². The van der Waals surface area contributed by atoms with E-state index >= 15 is 0 Å². The number of nitrogen functional groups attached to an aromatic ring is 1. The van der Waals surface area contributed by atoms with Crippen molar-refractivity contribution in [1.29, 1.82) is 0 Å². The number of hydrogen-bond donors (Lipinski definition) is 1. The highest BCUT2D eigenvalue weighted by Crippen LogP contribution is 2.13. The van der Waals surface area contributed by atoms with E-state index in [0.29, 0.717) is 0 Å². The maximum atomic E-state index is 5.77. The van der Waals surface area contributed by atoms with Gasteiger partial charge in [-0.1, -0.05) is 13.3 Å². The zero-order chi connectivity index (χ0) is 12.0. The first-order valence-corrected chi connectivity index (χ1v) is 5.54. The quantitative estimate of drug-likeness (QED) is 0.472. The SMILES string of the molecule is CCCC=NC(=NC)c1ccc(N)c(C)c1. The highest BCUT2D eigenvalue weighted by molar-refractivity contribution is 6.03. The Balaban J connectivity index is 2.92. The molecule has 1 aromatic carbocycles. The minimum atomic E-state index is 0.761. The van der Waals surface area contributed by atoms with Crippen LogP contribution in [0.25, 0.3) is 0 Å². The molecule has 0 aliphatic heterocycles. The molecule has 0 amide bonds. The third kappa shape index (κ3) is 3.19. The average molecular weight is 217 g/mol. The highest BCUT2D eigenvalue weighted by Gasteiger charge is 2.02.